The molecule has 1 N–H and O–H groups in total. The van der Waals surface area contributed by atoms with E-state index >= 15 is 0 Å². The second kappa shape index (κ2) is 11.1. The Morgan fingerprint density at radius 3 is 2.67 bits per heavy atom. The third kappa shape index (κ3) is 6.43. The second-order valence-electron chi connectivity index (χ2n) is 7.43. The quantitative estimate of drug-likeness (QED) is 0.331. The predicted molar refractivity (Wildman–Crippen MR) is 122 cm³/mol. The molecule has 0 saturated heterocycles. The van der Waals surface area contributed by atoms with Crippen molar-refractivity contribution in [1.82, 2.24) is 0 Å². The summed E-state index contributed by atoms with van der Waals surface area (Å²) in [6.45, 7) is 4.19. The third-order valence-electron chi connectivity index (χ3n) is 5.17. The van der Waals surface area contributed by atoms with Crippen molar-refractivity contribution in [2.24, 2.45) is 5.92 Å². The molecule has 0 amide bonds. The lowest BCUT2D eigenvalue weighted by atomic mass is 9.90. The summed E-state index contributed by atoms with van der Waals surface area (Å²) in [4.78, 5) is 12.5. The monoisotopic (exact) mass is 400 g/mol. The molecule has 30 heavy (non-hydrogen) atoms. The van der Waals surface area contributed by atoms with Crippen molar-refractivity contribution in [1.29, 1.82) is 0 Å². The number of hydrogen-bond donors (Lipinski definition) is 1. The van der Waals surface area contributed by atoms with Crippen LogP contribution in [0, 0.1) is 5.92 Å². The molecule has 2 atom stereocenters. The van der Waals surface area contributed by atoms with E-state index in [1.807, 2.05) is 42.5 Å². The molecule has 0 aliphatic heterocycles. The van der Waals surface area contributed by atoms with E-state index in [1.165, 1.54) is 0 Å². The van der Waals surface area contributed by atoms with Crippen LogP contribution in [0.5, 0.6) is 0 Å². The number of aliphatic hydroxyl groups excluding tert-OH is 1. The number of hydrogen-bond acceptors (Lipinski definition) is 3. The van der Waals surface area contributed by atoms with Gasteiger partial charge in [-0.3, -0.25) is 0 Å². The van der Waals surface area contributed by atoms with Gasteiger partial charge in [0.05, 0.1) is 5.56 Å². The fourth-order valence-corrected chi connectivity index (χ4v) is 3.33. The van der Waals surface area contributed by atoms with Crippen molar-refractivity contribution in [2.45, 2.75) is 31.8 Å². The molecular weight excluding hydrogens is 372 g/mol. The fraction of sp³-hybridized carbons (Fsp3) is 0.222. The van der Waals surface area contributed by atoms with Crippen LogP contribution in [0.25, 0.3) is 0 Å². The normalized spacial score (nSPS) is 20.4. The zero-order valence-electron chi connectivity index (χ0n) is 17.1. The maximum atomic E-state index is 12.5. The van der Waals surface area contributed by atoms with Gasteiger partial charge in [-0.25, -0.2) is 4.79 Å². The molecule has 0 saturated carbocycles. The van der Waals surface area contributed by atoms with Gasteiger partial charge in [-0.1, -0.05) is 85.0 Å². The number of carbonyl (C=O) groups is 1. The summed E-state index contributed by atoms with van der Waals surface area (Å²) >= 11 is 0. The first-order chi connectivity index (χ1) is 14.6. The van der Waals surface area contributed by atoms with E-state index in [0.29, 0.717) is 24.3 Å². The number of ether oxygens (including phenoxy) is 1. The molecule has 154 valence electrons. The fourth-order valence-electron chi connectivity index (χ4n) is 3.33. The lowest BCUT2D eigenvalue weighted by Crippen LogP contribution is -2.17. The Hall–Kier alpha value is -3.17. The molecule has 2 aliphatic carbocycles. The van der Waals surface area contributed by atoms with Crippen LogP contribution in [0.3, 0.4) is 0 Å². The van der Waals surface area contributed by atoms with E-state index < -0.39 is 12.1 Å². The number of carbonyl (C=O) groups excluding carboxylic acids is 1. The average Bonchev–Trinajstić information content (AvgIpc) is 2.81. The molecule has 2 unspecified atom stereocenters. The maximum Gasteiger partial charge on any atom is 0.343 e. The van der Waals surface area contributed by atoms with Gasteiger partial charge < -0.3 is 9.84 Å². The first kappa shape index (κ1) is 21.5. The molecule has 0 heterocycles. The number of rotatable bonds is 8. The van der Waals surface area contributed by atoms with Crippen LogP contribution in [0.15, 0.2) is 115 Å². The summed E-state index contributed by atoms with van der Waals surface area (Å²) in [5.74, 6) is 0.0755. The van der Waals surface area contributed by atoms with Crippen molar-refractivity contribution >= 4 is 5.97 Å². The molecule has 3 heteroatoms. The van der Waals surface area contributed by atoms with Crippen molar-refractivity contribution in [2.75, 3.05) is 0 Å². The van der Waals surface area contributed by atoms with Crippen LogP contribution in [0.2, 0.25) is 0 Å². The minimum Gasteiger partial charge on any atom is -0.425 e. The Morgan fingerprint density at radius 1 is 1.17 bits per heavy atom. The molecule has 0 radical (unpaired) electrons. The van der Waals surface area contributed by atoms with E-state index in [0.717, 1.165) is 24.0 Å². The van der Waals surface area contributed by atoms with Crippen LogP contribution >= 0.6 is 0 Å². The molecule has 3 nitrogen and oxygen atoms in total. The minimum atomic E-state index is -0.891. The van der Waals surface area contributed by atoms with Crippen LogP contribution in [-0.4, -0.2) is 17.2 Å². The smallest absolute Gasteiger partial charge is 0.343 e. The van der Waals surface area contributed by atoms with E-state index in [-0.39, 0.29) is 5.76 Å². The Morgan fingerprint density at radius 2 is 1.97 bits per heavy atom. The van der Waals surface area contributed by atoms with Gasteiger partial charge in [-0.15, -0.1) is 0 Å². The highest BCUT2D eigenvalue weighted by Gasteiger charge is 2.19. The summed E-state index contributed by atoms with van der Waals surface area (Å²) in [6.07, 6.45) is 21.9. The van der Waals surface area contributed by atoms with Gasteiger partial charge in [-0.2, -0.15) is 0 Å². The molecule has 0 bridgehead atoms. The van der Waals surface area contributed by atoms with Crippen molar-refractivity contribution in [3.05, 3.63) is 120 Å². The molecule has 1 aromatic carbocycles. The van der Waals surface area contributed by atoms with E-state index in [1.54, 1.807) is 30.3 Å². The SMILES string of the molecule is C=C(CCC(O)C(=CC=C1C=CC=CC1)OC(=O)c1ccccc1)C1C=CC=CC1. The van der Waals surface area contributed by atoms with Gasteiger partial charge in [0.1, 0.15) is 11.9 Å². The largest absolute Gasteiger partial charge is 0.425 e. The first-order valence-corrected chi connectivity index (χ1v) is 10.3. The highest BCUT2D eigenvalue weighted by Crippen LogP contribution is 2.25. The molecular formula is C27H28O3. The summed E-state index contributed by atoms with van der Waals surface area (Å²) in [5, 5.41) is 10.8. The van der Waals surface area contributed by atoms with Crippen molar-refractivity contribution in [3.8, 4) is 0 Å². The molecule has 2 aliphatic rings. The van der Waals surface area contributed by atoms with Gasteiger partial charge in [0.2, 0.25) is 0 Å². The van der Waals surface area contributed by atoms with Crippen LogP contribution in [-0.2, 0) is 4.74 Å². The summed E-state index contributed by atoms with van der Waals surface area (Å²) in [6, 6.07) is 8.81. The molecule has 0 fully saturated rings. The molecule has 0 spiro atoms. The zero-order valence-corrected chi connectivity index (χ0v) is 17.1. The zero-order chi connectivity index (χ0) is 21.2. The highest BCUT2D eigenvalue weighted by atomic mass is 16.5. The summed E-state index contributed by atoms with van der Waals surface area (Å²) in [7, 11) is 0. The Kier molecular flexibility index (Phi) is 7.99. The van der Waals surface area contributed by atoms with Gasteiger partial charge in [0.15, 0.2) is 0 Å². The number of esters is 1. The summed E-state index contributed by atoms with van der Waals surface area (Å²) in [5.41, 5.74) is 2.61. The Labute approximate surface area is 178 Å². The molecule has 1 aromatic rings. The summed E-state index contributed by atoms with van der Waals surface area (Å²) < 4.78 is 5.60. The average molecular weight is 401 g/mol. The van der Waals surface area contributed by atoms with Crippen LogP contribution in [0.4, 0.5) is 0 Å². The topological polar surface area (TPSA) is 46.5 Å². The Balaban J connectivity index is 1.69. The molecule has 3 rings (SSSR count). The van der Waals surface area contributed by atoms with Crippen LogP contribution in [0.1, 0.15) is 36.0 Å². The van der Waals surface area contributed by atoms with Crippen molar-refractivity contribution in [3.63, 3.8) is 0 Å². The third-order valence-corrected chi connectivity index (χ3v) is 5.17. The number of benzene rings is 1. The lowest BCUT2D eigenvalue weighted by Gasteiger charge is -2.19. The second-order valence-corrected chi connectivity index (χ2v) is 7.43. The Bertz CT molecular complexity index is 926. The van der Waals surface area contributed by atoms with E-state index in [2.05, 4.69) is 24.8 Å². The van der Waals surface area contributed by atoms with Crippen LogP contribution < -0.4 is 0 Å². The number of aliphatic hydroxyl groups is 1. The lowest BCUT2D eigenvalue weighted by molar-refractivity contribution is 0.0492. The maximum absolute atomic E-state index is 12.5. The standard InChI is InChI=1S/C27H28O3/c1-21(23-13-7-3-8-14-23)17-19-25(28)26(20-18-22-11-5-2-6-12-22)30-27(29)24-15-9-4-10-16-24/h2-11,13,15-16,18,20,23,25,28H,1,12,14,17,19H2. The first-order valence-electron chi connectivity index (χ1n) is 10.3. The van der Waals surface area contributed by atoms with Crippen molar-refractivity contribution < 1.29 is 14.6 Å². The van der Waals surface area contributed by atoms with Gasteiger partial charge in [0.25, 0.3) is 0 Å². The van der Waals surface area contributed by atoms with Gasteiger partial charge in [-0.05, 0) is 49.5 Å². The van der Waals surface area contributed by atoms with E-state index in [4.69, 9.17) is 4.74 Å². The van der Waals surface area contributed by atoms with E-state index in [9.17, 15) is 9.90 Å². The predicted octanol–water partition coefficient (Wildman–Crippen LogP) is 6.00. The molecule has 0 aromatic heterocycles. The van der Waals surface area contributed by atoms with Gasteiger partial charge >= 0.3 is 5.97 Å². The number of allylic oxidation sites excluding steroid dienone is 12. The van der Waals surface area contributed by atoms with Gasteiger partial charge in [0, 0.05) is 5.92 Å². The minimum absolute atomic E-state index is 0.256. The highest BCUT2D eigenvalue weighted by molar-refractivity contribution is 5.90.